The predicted molar refractivity (Wildman–Crippen MR) is 148 cm³/mol. The summed E-state index contributed by atoms with van der Waals surface area (Å²) in [6.07, 6.45) is 0.228. The zero-order chi connectivity index (χ0) is 29.3. The number of carbonyl (C=O) groups excluding carboxylic acids is 1. The Kier molecular flexibility index (Phi) is 7.91. The molecule has 216 valence electrons. The van der Waals surface area contributed by atoms with Gasteiger partial charge in [0.05, 0.1) is 11.8 Å². The first-order chi connectivity index (χ1) is 19.5. The molecule has 4 aromatic rings. The summed E-state index contributed by atoms with van der Waals surface area (Å²) in [6.45, 7) is 2.58. The minimum atomic E-state index is -4.57. The number of alkyl halides is 3. The van der Waals surface area contributed by atoms with Crippen molar-refractivity contribution in [2.75, 3.05) is 30.8 Å². The van der Waals surface area contributed by atoms with Crippen LogP contribution >= 0.6 is 11.6 Å². The number of anilines is 3. The molecular formula is C27H27ClF3N7O3. The van der Waals surface area contributed by atoms with Gasteiger partial charge in [-0.2, -0.15) is 18.2 Å². The van der Waals surface area contributed by atoms with E-state index in [4.69, 9.17) is 21.1 Å². The van der Waals surface area contributed by atoms with E-state index in [9.17, 15) is 18.0 Å². The van der Waals surface area contributed by atoms with Crippen LogP contribution < -0.4 is 20.1 Å². The molecule has 1 aromatic carbocycles. The highest BCUT2D eigenvalue weighted by Gasteiger charge is 2.32. The number of ether oxygens (including phenoxy) is 2. The predicted octanol–water partition coefficient (Wildman–Crippen LogP) is 6.00. The summed E-state index contributed by atoms with van der Waals surface area (Å²) >= 11 is 6.65. The van der Waals surface area contributed by atoms with E-state index in [0.29, 0.717) is 17.1 Å². The minimum Gasteiger partial charge on any atom is -0.492 e. The second-order valence-electron chi connectivity index (χ2n) is 9.72. The third kappa shape index (κ3) is 6.46. The maximum atomic E-state index is 13.7. The number of pyridine rings is 2. The summed E-state index contributed by atoms with van der Waals surface area (Å²) in [5, 5.41) is 5.70. The van der Waals surface area contributed by atoms with Crippen LogP contribution in [-0.2, 0) is 18.0 Å². The summed E-state index contributed by atoms with van der Waals surface area (Å²) in [7, 11) is 3.62. The van der Waals surface area contributed by atoms with E-state index in [1.807, 2.05) is 7.05 Å². The third-order valence-corrected chi connectivity index (χ3v) is 7.04. The molecule has 14 heteroatoms. The molecule has 2 N–H and O–H groups in total. The van der Waals surface area contributed by atoms with Gasteiger partial charge in [-0.05, 0) is 44.6 Å². The molecule has 0 spiro atoms. The average molecular weight is 590 g/mol. The van der Waals surface area contributed by atoms with Gasteiger partial charge < -0.3 is 29.6 Å². The van der Waals surface area contributed by atoms with Crippen LogP contribution in [0, 0.1) is 0 Å². The van der Waals surface area contributed by atoms with Gasteiger partial charge in [0.25, 0.3) is 0 Å². The summed E-state index contributed by atoms with van der Waals surface area (Å²) in [5.41, 5.74) is -0.0500. The zero-order valence-corrected chi connectivity index (χ0v) is 23.2. The van der Waals surface area contributed by atoms with Crippen molar-refractivity contribution in [1.82, 2.24) is 24.4 Å². The van der Waals surface area contributed by atoms with Crippen LogP contribution in [0.25, 0.3) is 11.2 Å². The molecule has 0 aliphatic carbocycles. The van der Waals surface area contributed by atoms with Crippen molar-refractivity contribution in [1.29, 1.82) is 0 Å². The molecule has 1 aliphatic rings. The van der Waals surface area contributed by atoms with Crippen molar-refractivity contribution >= 4 is 46.1 Å². The van der Waals surface area contributed by atoms with E-state index in [-0.39, 0.29) is 52.4 Å². The van der Waals surface area contributed by atoms with E-state index in [1.165, 1.54) is 31.5 Å². The standard InChI is InChI=1S/C27H27ClF3N7O3/c1-15(39)34-22-12-19(6-7-32-22)41-21-13-33-25-24(23(21)28)38(3)26(36-25)35-17-9-16(27(29,30)31)10-20(11-17)40-14-18-5-4-8-37(18)2/h6-7,9-13,18H,4-5,8,14H2,1-3H3,(H,32,34,39)(H,33,35,36)/t18-/m1/s1. The second kappa shape index (κ2) is 11.4. The number of hydrogen-bond donors (Lipinski definition) is 2. The summed E-state index contributed by atoms with van der Waals surface area (Å²) in [5.74, 6) is 0.889. The lowest BCUT2D eigenvalue weighted by Gasteiger charge is -2.20. The first kappa shape index (κ1) is 28.4. The Labute approximate surface area is 238 Å². The summed E-state index contributed by atoms with van der Waals surface area (Å²) < 4.78 is 54.4. The van der Waals surface area contributed by atoms with E-state index >= 15 is 0 Å². The molecule has 1 saturated heterocycles. The molecule has 41 heavy (non-hydrogen) atoms. The molecule has 1 fully saturated rings. The normalized spacial score (nSPS) is 15.7. The largest absolute Gasteiger partial charge is 0.492 e. The number of amides is 1. The number of hydrogen-bond acceptors (Lipinski definition) is 8. The fourth-order valence-electron chi connectivity index (χ4n) is 4.58. The number of carbonyl (C=O) groups is 1. The minimum absolute atomic E-state index is 0.101. The van der Waals surface area contributed by atoms with E-state index in [2.05, 4.69) is 30.5 Å². The first-order valence-corrected chi connectivity index (χ1v) is 13.1. The van der Waals surface area contributed by atoms with Gasteiger partial charge >= 0.3 is 6.18 Å². The van der Waals surface area contributed by atoms with Crippen LogP contribution in [0.15, 0.2) is 42.7 Å². The number of nitrogens with zero attached hydrogens (tertiary/aromatic N) is 5. The van der Waals surface area contributed by atoms with Gasteiger partial charge in [0.1, 0.15) is 34.5 Å². The smallest absolute Gasteiger partial charge is 0.416 e. The van der Waals surface area contributed by atoms with Crippen molar-refractivity contribution in [3.05, 3.63) is 53.3 Å². The lowest BCUT2D eigenvalue weighted by molar-refractivity contribution is -0.137. The summed E-state index contributed by atoms with van der Waals surface area (Å²) in [6, 6.07) is 6.75. The van der Waals surface area contributed by atoms with E-state index in [0.717, 1.165) is 31.5 Å². The molecule has 5 rings (SSSR count). The fourth-order valence-corrected chi connectivity index (χ4v) is 4.87. The maximum absolute atomic E-state index is 13.7. The Morgan fingerprint density at radius 1 is 1.17 bits per heavy atom. The van der Waals surface area contributed by atoms with Crippen molar-refractivity contribution in [2.45, 2.75) is 32.0 Å². The third-order valence-electron chi connectivity index (χ3n) is 6.67. The highest BCUT2D eigenvalue weighted by atomic mass is 35.5. The highest BCUT2D eigenvalue weighted by Crippen LogP contribution is 2.38. The fraction of sp³-hybridized carbons (Fsp3) is 0.333. The van der Waals surface area contributed by atoms with Crippen molar-refractivity contribution in [3.8, 4) is 17.2 Å². The topological polar surface area (TPSA) is 106 Å². The Morgan fingerprint density at radius 2 is 1.98 bits per heavy atom. The Bertz CT molecular complexity index is 1590. The molecule has 0 bridgehead atoms. The molecule has 10 nitrogen and oxygen atoms in total. The van der Waals surface area contributed by atoms with Crippen molar-refractivity contribution < 1.29 is 27.4 Å². The van der Waals surface area contributed by atoms with E-state index < -0.39 is 11.7 Å². The molecule has 1 atom stereocenters. The Balaban J connectivity index is 1.41. The lowest BCUT2D eigenvalue weighted by atomic mass is 10.1. The van der Waals surface area contributed by atoms with Crippen molar-refractivity contribution in [2.24, 2.45) is 7.05 Å². The van der Waals surface area contributed by atoms with Gasteiger partial charge in [0.2, 0.25) is 11.9 Å². The molecule has 0 radical (unpaired) electrons. The Morgan fingerprint density at radius 3 is 2.68 bits per heavy atom. The number of likely N-dealkylation sites (N-methyl/N-ethyl adjacent to an activating group) is 1. The second-order valence-corrected chi connectivity index (χ2v) is 10.1. The van der Waals surface area contributed by atoms with Crippen LogP contribution in [0.4, 0.5) is 30.6 Å². The van der Waals surface area contributed by atoms with Gasteiger partial charge in [-0.3, -0.25) is 4.79 Å². The van der Waals surface area contributed by atoms with Crippen LogP contribution in [0.1, 0.15) is 25.3 Å². The SMILES string of the molecule is CC(=O)Nc1cc(Oc2cnc3nc(Nc4cc(OC[C@H]5CCCN5C)cc(C(F)(F)F)c4)n(C)c3c2Cl)ccn1. The zero-order valence-electron chi connectivity index (χ0n) is 22.4. The highest BCUT2D eigenvalue weighted by molar-refractivity contribution is 6.36. The van der Waals surface area contributed by atoms with Gasteiger partial charge in [-0.25, -0.2) is 9.97 Å². The van der Waals surface area contributed by atoms with Crippen LogP contribution in [0.5, 0.6) is 17.2 Å². The van der Waals surface area contributed by atoms with Gasteiger partial charge in [-0.15, -0.1) is 0 Å². The molecule has 0 saturated carbocycles. The maximum Gasteiger partial charge on any atom is 0.416 e. The quantitative estimate of drug-likeness (QED) is 0.258. The molecule has 1 amide bonds. The van der Waals surface area contributed by atoms with Gasteiger partial charge in [0, 0.05) is 44.0 Å². The summed E-state index contributed by atoms with van der Waals surface area (Å²) in [4.78, 5) is 26.3. The number of imidazole rings is 1. The van der Waals surface area contributed by atoms with E-state index in [1.54, 1.807) is 17.7 Å². The molecule has 0 unspecified atom stereocenters. The number of fused-ring (bicyclic) bond motifs is 1. The number of rotatable bonds is 8. The number of nitrogens with one attached hydrogen (secondary N) is 2. The van der Waals surface area contributed by atoms with Gasteiger partial charge in [0.15, 0.2) is 11.4 Å². The lowest BCUT2D eigenvalue weighted by Crippen LogP contribution is -2.30. The molecular weight excluding hydrogens is 563 g/mol. The van der Waals surface area contributed by atoms with Gasteiger partial charge in [-0.1, -0.05) is 11.6 Å². The average Bonchev–Trinajstić information content (AvgIpc) is 3.46. The number of aromatic nitrogens is 4. The monoisotopic (exact) mass is 589 g/mol. The van der Waals surface area contributed by atoms with Crippen molar-refractivity contribution in [3.63, 3.8) is 0 Å². The number of benzene rings is 1. The molecule has 3 aromatic heterocycles. The van der Waals surface area contributed by atoms with Crippen LogP contribution in [0.2, 0.25) is 5.02 Å². The molecule has 1 aliphatic heterocycles. The molecule has 4 heterocycles. The Hall–Kier alpha value is -4.10. The van der Waals surface area contributed by atoms with Crippen LogP contribution in [-0.4, -0.2) is 56.6 Å². The number of likely N-dealkylation sites (tertiary alicyclic amines) is 1. The van der Waals surface area contributed by atoms with Crippen LogP contribution in [0.3, 0.4) is 0 Å². The number of aryl methyl sites for hydroxylation is 1. The first-order valence-electron chi connectivity index (χ1n) is 12.7. The number of halogens is 4.